The molecule has 0 saturated heterocycles. The number of nitrogens with one attached hydrogen (secondary N) is 2. The number of hydrogen-bond acceptors (Lipinski definition) is 3. The Morgan fingerprint density at radius 2 is 2.00 bits per heavy atom. The number of anilines is 1. The minimum absolute atomic E-state index is 0.0690. The molecular weight excluding hydrogens is 254 g/mol. The average molecular weight is 267 g/mol. The predicted octanol–water partition coefficient (Wildman–Crippen LogP) is 0.937. The Morgan fingerprint density at radius 3 is 2.65 bits per heavy atom. The summed E-state index contributed by atoms with van der Waals surface area (Å²) in [6, 6.07) is 8.28. The van der Waals surface area contributed by atoms with E-state index in [1.165, 1.54) is 18.5 Å². The lowest BCUT2D eigenvalue weighted by Crippen LogP contribution is -2.20. The van der Waals surface area contributed by atoms with E-state index in [9.17, 15) is 9.59 Å². The molecule has 0 unspecified atom stereocenters. The largest absolute Gasteiger partial charge is 0.367 e. The van der Waals surface area contributed by atoms with Crippen LogP contribution in [0.15, 0.2) is 47.5 Å². The Kier molecular flexibility index (Phi) is 4.32. The molecule has 1 aromatic heterocycles. The van der Waals surface area contributed by atoms with Gasteiger partial charge in [0.25, 0.3) is 5.91 Å². The summed E-state index contributed by atoms with van der Waals surface area (Å²) in [6.45, 7) is 0.301. The lowest BCUT2D eigenvalue weighted by molar-refractivity contribution is 0.102. The van der Waals surface area contributed by atoms with Crippen LogP contribution in [-0.4, -0.2) is 17.4 Å². The number of amides is 1. The molecule has 0 bridgehead atoms. The molecule has 0 fully saturated rings. The zero-order valence-corrected chi connectivity index (χ0v) is 10.6. The molecule has 4 N–H and O–H groups in total. The van der Waals surface area contributed by atoms with E-state index in [2.05, 4.69) is 22.1 Å². The fourth-order valence-electron chi connectivity index (χ4n) is 1.58. The monoisotopic (exact) mass is 267 g/mol. The highest BCUT2D eigenvalue weighted by Gasteiger charge is 2.09. The van der Waals surface area contributed by atoms with Crippen LogP contribution in [0.2, 0.25) is 0 Å². The van der Waals surface area contributed by atoms with Gasteiger partial charge < -0.3 is 16.0 Å². The molecule has 0 saturated carbocycles. The Labute approximate surface area is 115 Å². The molecule has 20 heavy (non-hydrogen) atoms. The quantitative estimate of drug-likeness (QED) is 0.707. The lowest BCUT2D eigenvalue weighted by Gasteiger charge is -2.04. The maximum Gasteiger partial charge on any atom is 0.261 e. The summed E-state index contributed by atoms with van der Waals surface area (Å²) in [7, 11) is 0. The molecule has 1 amide bonds. The molecule has 0 aliphatic heterocycles. The standard InChI is InChI=1S/C15H13N3O2/c16-8-1-2-11-3-5-12(6-4-11)18-15(20)13-10-17-9-7-14(13)19/h3-7,9-10H,8,16H2,(H,17,19)(H,18,20). The van der Waals surface area contributed by atoms with Crippen molar-refractivity contribution >= 4 is 11.6 Å². The number of aromatic amines is 1. The van der Waals surface area contributed by atoms with Gasteiger partial charge in [-0.05, 0) is 24.3 Å². The first-order valence-electron chi connectivity index (χ1n) is 5.98. The molecule has 0 spiro atoms. The van der Waals surface area contributed by atoms with Crippen molar-refractivity contribution in [3.63, 3.8) is 0 Å². The van der Waals surface area contributed by atoms with Crippen LogP contribution >= 0.6 is 0 Å². The smallest absolute Gasteiger partial charge is 0.261 e. The molecule has 0 atom stereocenters. The number of carbonyl (C=O) groups is 1. The van der Waals surface area contributed by atoms with Gasteiger partial charge in [0.15, 0.2) is 5.43 Å². The van der Waals surface area contributed by atoms with E-state index in [4.69, 9.17) is 5.73 Å². The van der Waals surface area contributed by atoms with Crippen molar-refractivity contribution in [1.29, 1.82) is 0 Å². The topological polar surface area (TPSA) is 88.0 Å². The Bertz CT molecular complexity index is 721. The molecule has 0 aliphatic carbocycles. The number of H-pyrrole nitrogens is 1. The number of pyridine rings is 1. The van der Waals surface area contributed by atoms with Gasteiger partial charge in [0.05, 0.1) is 6.54 Å². The first kappa shape index (κ1) is 13.6. The highest BCUT2D eigenvalue weighted by atomic mass is 16.2. The van der Waals surface area contributed by atoms with Gasteiger partial charge in [-0.2, -0.15) is 0 Å². The molecule has 1 heterocycles. The van der Waals surface area contributed by atoms with E-state index in [0.717, 1.165) is 5.56 Å². The summed E-state index contributed by atoms with van der Waals surface area (Å²) >= 11 is 0. The molecule has 5 heteroatoms. The van der Waals surface area contributed by atoms with Crippen molar-refractivity contribution in [2.45, 2.75) is 0 Å². The minimum Gasteiger partial charge on any atom is -0.367 e. The summed E-state index contributed by atoms with van der Waals surface area (Å²) in [5.41, 5.74) is 6.43. The molecule has 5 nitrogen and oxygen atoms in total. The van der Waals surface area contributed by atoms with Gasteiger partial charge in [-0.3, -0.25) is 9.59 Å². The van der Waals surface area contributed by atoms with Crippen LogP contribution in [0.1, 0.15) is 15.9 Å². The molecule has 2 rings (SSSR count). The van der Waals surface area contributed by atoms with Crippen LogP contribution in [0.3, 0.4) is 0 Å². The van der Waals surface area contributed by atoms with Gasteiger partial charge in [-0.25, -0.2) is 0 Å². The van der Waals surface area contributed by atoms with Gasteiger partial charge in [0.2, 0.25) is 0 Å². The molecule has 0 radical (unpaired) electrons. The Balaban J connectivity index is 2.13. The normalized spacial score (nSPS) is 9.45. The number of carbonyl (C=O) groups excluding carboxylic acids is 1. The van der Waals surface area contributed by atoms with Crippen LogP contribution in [0.4, 0.5) is 5.69 Å². The van der Waals surface area contributed by atoms with Crippen molar-refractivity contribution < 1.29 is 4.79 Å². The van der Waals surface area contributed by atoms with Crippen molar-refractivity contribution in [2.75, 3.05) is 11.9 Å². The van der Waals surface area contributed by atoms with Gasteiger partial charge in [0, 0.05) is 29.7 Å². The fraction of sp³-hybridized carbons (Fsp3) is 0.0667. The number of nitrogens with two attached hydrogens (primary N) is 1. The van der Waals surface area contributed by atoms with E-state index >= 15 is 0 Å². The Morgan fingerprint density at radius 1 is 1.25 bits per heavy atom. The number of aromatic nitrogens is 1. The summed E-state index contributed by atoms with van der Waals surface area (Å²) < 4.78 is 0. The molecule has 1 aromatic carbocycles. The SMILES string of the molecule is NCC#Cc1ccc(NC(=O)c2c[nH]ccc2=O)cc1. The number of hydrogen-bond donors (Lipinski definition) is 3. The van der Waals surface area contributed by atoms with Crippen LogP contribution in [0.25, 0.3) is 0 Å². The molecular formula is C15H13N3O2. The van der Waals surface area contributed by atoms with Gasteiger partial charge in [0.1, 0.15) is 5.56 Å². The van der Waals surface area contributed by atoms with Crippen LogP contribution in [0.5, 0.6) is 0 Å². The average Bonchev–Trinajstić information content (AvgIpc) is 2.47. The van der Waals surface area contributed by atoms with Gasteiger partial charge in [-0.1, -0.05) is 11.8 Å². The Hall–Kier alpha value is -2.84. The van der Waals surface area contributed by atoms with Gasteiger partial charge >= 0.3 is 0 Å². The van der Waals surface area contributed by atoms with Crippen LogP contribution < -0.4 is 16.5 Å². The van der Waals surface area contributed by atoms with E-state index in [1.807, 2.05) is 0 Å². The van der Waals surface area contributed by atoms with E-state index in [-0.39, 0.29) is 11.0 Å². The van der Waals surface area contributed by atoms with Crippen molar-refractivity contribution in [2.24, 2.45) is 5.73 Å². The highest BCUT2D eigenvalue weighted by molar-refractivity contribution is 6.03. The fourth-order valence-corrected chi connectivity index (χ4v) is 1.58. The predicted molar refractivity (Wildman–Crippen MR) is 77.4 cm³/mol. The maximum atomic E-state index is 11.9. The third-order valence-electron chi connectivity index (χ3n) is 2.55. The first-order valence-corrected chi connectivity index (χ1v) is 5.98. The summed E-state index contributed by atoms with van der Waals surface area (Å²) in [5.74, 6) is 5.17. The molecule has 2 aromatic rings. The van der Waals surface area contributed by atoms with Crippen LogP contribution in [-0.2, 0) is 0 Å². The van der Waals surface area contributed by atoms with E-state index in [0.29, 0.717) is 12.2 Å². The summed E-state index contributed by atoms with van der Waals surface area (Å²) in [4.78, 5) is 26.1. The third-order valence-corrected chi connectivity index (χ3v) is 2.55. The van der Waals surface area contributed by atoms with Crippen molar-refractivity contribution in [1.82, 2.24) is 4.98 Å². The second-order valence-electron chi connectivity index (χ2n) is 3.96. The second kappa shape index (κ2) is 6.36. The number of rotatable bonds is 2. The zero-order chi connectivity index (χ0) is 14.4. The lowest BCUT2D eigenvalue weighted by atomic mass is 10.2. The van der Waals surface area contributed by atoms with E-state index < -0.39 is 5.91 Å². The van der Waals surface area contributed by atoms with Crippen LogP contribution in [0, 0.1) is 11.8 Å². The summed E-state index contributed by atoms with van der Waals surface area (Å²) in [5, 5.41) is 2.65. The second-order valence-corrected chi connectivity index (χ2v) is 3.96. The molecule has 100 valence electrons. The maximum absolute atomic E-state index is 11.9. The third kappa shape index (κ3) is 3.34. The van der Waals surface area contributed by atoms with Gasteiger partial charge in [-0.15, -0.1) is 0 Å². The minimum atomic E-state index is -0.451. The number of benzene rings is 1. The zero-order valence-electron chi connectivity index (χ0n) is 10.6. The summed E-state index contributed by atoms with van der Waals surface area (Å²) in [6.07, 6.45) is 2.85. The van der Waals surface area contributed by atoms with E-state index in [1.54, 1.807) is 24.3 Å². The molecule has 0 aliphatic rings. The first-order chi connectivity index (χ1) is 9.70. The highest BCUT2D eigenvalue weighted by Crippen LogP contribution is 2.09. The van der Waals surface area contributed by atoms with Crippen molar-refractivity contribution in [3.05, 3.63) is 64.1 Å². The van der Waals surface area contributed by atoms with Crippen molar-refractivity contribution in [3.8, 4) is 11.8 Å².